The van der Waals surface area contributed by atoms with E-state index in [0.29, 0.717) is 23.0 Å². The van der Waals surface area contributed by atoms with E-state index in [1.807, 2.05) is 43.3 Å². The van der Waals surface area contributed by atoms with E-state index in [1.165, 1.54) is 11.3 Å². The number of thiazole rings is 1. The van der Waals surface area contributed by atoms with E-state index in [9.17, 15) is 14.4 Å². The summed E-state index contributed by atoms with van der Waals surface area (Å²) in [6.45, 7) is 1.54. The van der Waals surface area contributed by atoms with Gasteiger partial charge in [-0.25, -0.2) is 9.78 Å². The van der Waals surface area contributed by atoms with Gasteiger partial charge in [-0.15, -0.1) is 11.3 Å². The van der Waals surface area contributed by atoms with Crippen molar-refractivity contribution in [3.05, 3.63) is 69.6 Å². The number of aryl methyl sites for hydroxylation is 2. The molecule has 2 aliphatic rings. The molecule has 0 bridgehead atoms. The molecule has 1 aliphatic carbocycles. The van der Waals surface area contributed by atoms with Crippen LogP contribution in [0.2, 0.25) is 5.02 Å². The number of nitrogens with zero attached hydrogens (tertiary/aromatic N) is 2. The number of carbonyl (C=O) groups excluding carboxylic acids is 3. The first-order chi connectivity index (χ1) is 15.4. The second-order valence-electron chi connectivity index (χ2n) is 7.86. The predicted molar refractivity (Wildman–Crippen MR) is 123 cm³/mol. The molecule has 4 amide bonds. The van der Waals surface area contributed by atoms with E-state index < -0.39 is 17.5 Å². The maximum Gasteiger partial charge on any atom is 0.325 e. The molecule has 1 aliphatic heterocycles. The summed E-state index contributed by atoms with van der Waals surface area (Å²) in [6, 6.07) is 14.3. The molecule has 0 radical (unpaired) electrons. The standard InChI is InChI=1S/C23H19ClN4O3S/c1-13-19(15-6-8-16(24)9-7-15)26-21(32-13)25-18(29)12-28-20(30)23(27-22(28)31)11-10-14-4-2-3-5-17(14)23/h2-9H,10-12H2,1H3,(H,27,31)(H,25,26,29). The largest absolute Gasteiger partial charge is 0.325 e. The van der Waals surface area contributed by atoms with Crippen molar-refractivity contribution in [3.63, 3.8) is 0 Å². The summed E-state index contributed by atoms with van der Waals surface area (Å²) >= 11 is 7.28. The lowest BCUT2D eigenvalue weighted by Crippen LogP contribution is -2.42. The van der Waals surface area contributed by atoms with Crippen molar-refractivity contribution < 1.29 is 14.4 Å². The van der Waals surface area contributed by atoms with E-state index in [0.717, 1.165) is 32.2 Å². The molecule has 5 rings (SSSR count). The molecule has 1 fully saturated rings. The zero-order valence-electron chi connectivity index (χ0n) is 17.1. The van der Waals surface area contributed by atoms with E-state index in [-0.39, 0.29) is 12.5 Å². The Bertz CT molecular complexity index is 1260. The fraction of sp³-hybridized carbons (Fsp3) is 0.217. The van der Waals surface area contributed by atoms with Crippen molar-refractivity contribution in [2.75, 3.05) is 11.9 Å². The summed E-state index contributed by atoms with van der Waals surface area (Å²) in [5.41, 5.74) is 2.41. The SMILES string of the molecule is Cc1sc(NC(=O)CN2C(=O)NC3(CCc4ccccc43)C2=O)nc1-c1ccc(Cl)cc1. The highest BCUT2D eigenvalue weighted by Crippen LogP contribution is 2.41. The lowest BCUT2D eigenvalue weighted by molar-refractivity contribution is -0.134. The summed E-state index contributed by atoms with van der Waals surface area (Å²) in [4.78, 5) is 44.9. The molecule has 1 spiro atoms. The third-order valence-corrected chi connectivity index (χ3v) is 7.02. The average Bonchev–Trinajstić information content (AvgIpc) is 3.40. The fourth-order valence-electron chi connectivity index (χ4n) is 4.36. The lowest BCUT2D eigenvalue weighted by Gasteiger charge is -2.22. The smallest absolute Gasteiger partial charge is 0.319 e. The minimum absolute atomic E-state index is 0.372. The Hall–Kier alpha value is -3.23. The van der Waals surface area contributed by atoms with Gasteiger partial charge >= 0.3 is 6.03 Å². The van der Waals surface area contributed by atoms with Gasteiger partial charge in [-0.05, 0) is 43.0 Å². The summed E-state index contributed by atoms with van der Waals surface area (Å²) in [5, 5.41) is 6.59. The average molecular weight is 467 g/mol. The third-order valence-electron chi connectivity index (χ3n) is 5.88. The second-order valence-corrected chi connectivity index (χ2v) is 9.50. The van der Waals surface area contributed by atoms with Crippen LogP contribution in [0.25, 0.3) is 11.3 Å². The lowest BCUT2D eigenvalue weighted by atomic mass is 9.92. The molecule has 2 N–H and O–H groups in total. The van der Waals surface area contributed by atoms with Crippen LogP contribution in [0.1, 0.15) is 22.4 Å². The zero-order chi connectivity index (χ0) is 22.5. The molecule has 1 atom stereocenters. The first-order valence-electron chi connectivity index (χ1n) is 10.1. The molecule has 0 saturated carbocycles. The molecule has 2 aromatic carbocycles. The molecular formula is C23H19ClN4O3S. The highest BCUT2D eigenvalue weighted by molar-refractivity contribution is 7.16. The number of fused-ring (bicyclic) bond motifs is 2. The van der Waals surface area contributed by atoms with Crippen LogP contribution >= 0.6 is 22.9 Å². The number of urea groups is 1. The predicted octanol–water partition coefficient (Wildman–Crippen LogP) is 4.10. The minimum atomic E-state index is -1.08. The Labute approximate surface area is 193 Å². The molecule has 1 unspecified atom stereocenters. The monoisotopic (exact) mass is 466 g/mol. The van der Waals surface area contributed by atoms with Crippen LogP contribution in [0.15, 0.2) is 48.5 Å². The van der Waals surface area contributed by atoms with Crippen molar-refractivity contribution in [1.29, 1.82) is 0 Å². The van der Waals surface area contributed by atoms with Crippen molar-refractivity contribution in [2.24, 2.45) is 0 Å². The van der Waals surface area contributed by atoms with E-state index >= 15 is 0 Å². The van der Waals surface area contributed by atoms with Crippen LogP contribution in [0, 0.1) is 6.92 Å². The highest BCUT2D eigenvalue weighted by Gasteiger charge is 2.55. The van der Waals surface area contributed by atoms with Gasteiger partial charge in [0, 0.05) is 15.5 Å². The molecule has 7 nitrogen and oxygen atoms in total. The number of aromatic nitrogens is 1. The van der Waals surface area contributed by atoms with Crippen LogP contribution in [-0.2, 0) is 21.5 Å². The van der Waals surface area contributed by atoms with Crippen LogP contribution in [0.4, 0.5) is 9.93 Å². The number of anilines is 1. The Morgan fingerprint density at radius 3 is 2.75 bits per heavy atom. The van der Waals surface area contributed by atoms with Gasteiger partial charge in [0.05, 0.1) is 5.69 Å². The number of nitrogens with one attached hydrogen (secondary N) is 2. The Morgan fingerprint density at radius 1 is 1.22 bits per heavy atom. The normalized spacial score (nSPS) is 19.4. The van der Waals surface area contributed by atoms with Crippen molar-refractivity contribution in [3.8, 4) is 11.3 Å². The fourth-order valence-corrected chi connectivity index (χ4v) is 5.34. The Balaban J connectivity index is 1.31. The number of amides is 4. The summed E-state index contributed by atoms with van der Waals surface area (Å²) in [7, 11) is 0. The van der Waals surface area contributed by atoms with E-state index in [2.05, 4.69) is 15.6 Å². The van der Waals surface area contributed by atoms with Crippen LogP contribution in [-0.4, -0.2) is 34.3 Å². The van der Waals surface area contributed by atoms with Gasteiger partial charge in [-0.1, -0.05) is 48.0 Å². The topological polar surface area (TPSA) is 91.4 Å². The van der Waals surface area contributed by atoms with Crippen molar-refractivity contribution in [2.45, 2.75) is 25.3 Å². The number of halogens is 1. The van der Waals surface area contributed by atoms with Gasteiger partial charge in [-0.2, -0.15) is 0 Å². The van der Waals surface area contributed by atoms with Crippen LogP contribution in [0.5, 0.6) is 0 Å². The maximum atomic E-state index is 13.2. The molecular weight excluding hydrogens is 448 g/mol. The van der Waals surface area contributed by atoms with E-state index in [1.54, 1.807) is 12.1 Å². The molecule has 1 saturated heterocycles. The van der Waals surface area contributed by atoms with E-state index in [4.69, 9.17) is 11.6 Å². The number of carbonyl (C=O) groups is 3. The zero-order valence-corrected chi connectivity index (χ0v) is 18.7. The summed E-state index contributed by atoms with van der Waals surface area (Å²) in [6.07, 6.45) is 1.19. The minimum Gasteiger partial charge on any atom is -0.319 e. The summed E-state index contributed by atoms with van der Waals surface area (Å²) < 4.78 is 0. The van der Waals surface area contributed by atoms with Gasteiger partial charge in [-0.3, -0.25) is 14.5 Å². The van der Waals surface area contributed by atoms with Gasteiger partial charge in [0.15, 0.2) is 5.13 Å². The first-order valence-corrected chi connectivity index (χ1v) is 11.3. The number of benzene rings is 2. The molecule has 1 aromatic heterocycles. The highest BCUT2D eigenvalue weighted by atomic mass is 35.5. The Morgan fingerprint density at radius 2 is 1.97 bits per heavy atom. The maximum absolute atomic E-state index is 13.2. The number of hydrogen-bond acceptors (Lipinski definition) is 5. The van der Waals surface area contributed by atoms with Crippen molar-refractivity contribution >= 4 is 45.9 Å². The number of hydrogen-bond donors (Lipinski definition) is 2. The Kier molecular flexibility index (Phi) is 4.98. The quantitative estimate of drug-likeness (QED) is 0.566. The van der Waals surface area contributed by atoms with Gasteiger partial charge < -0.3 is 10.6 Å². The molecule has 2 heterocycles. The molecule has 3 aromatic rings. The third kappa shape index (κ3) is 3.36. The first kappa shape index (κ1) is 20.7. The molecule has 162 valence electrons. The van der Waals surface area contributed by atoms with Crippen molar-refractivity contribution in [1.82, 2.24) is 15.2 Å². The number of rotatable bonds is 4. The summed E-state index contributed by atoms with van der Waals surface area (Å²) in [5.74, 6) is -0.868. The number of imide groups is 1. The van der Waals surface area contributed by atoms with Crippen LogP contribution < -0.4 is 10.6 Å². The van der Waals surface area contributed by atoms with Crippen LogP contribution in [0.3, 0.4) is 0 Å². The van der Waals surface area contributed by atoms with Gasteiger partial charge in [0.1, 0.15) is 12.1 Å². The molecule has 9 heteroatoms. The van der Waals surface area contributed by atoms with Gasteiger partial charge in [0.2, 0.25) is 5.91 Å². The van der Waals surface area contributed by atoms with Gasteiger partial charge in [0.25, 0.3) is 5.91 Å². The second kappa shape index (κ2) is 7.72. The molecule has 32 heavy (non-hydrogen) atoms.